The van der Waals surface area contributed by atoms with E-state index in [1.54, 1.807) is 0 Å². The summed E-state index contributed by atoms with van der Waals surface area (Å²) in [5.74, 6) is 0.823. The van der Waals surface area contributed by atoms with Gasteiger partial charge >= 0.3 is 0 Å². The van der Waals surface area contributed by atoms with E-state index in [0.29, 0.717) is 0 Å². The SMILES string of the molecule is BrCC1CCN(CC2OCCc3ccccc32)C1. The highest BCUT2D eigenvalue weighted by Gasteiger charge is 2.27. The Morgan fingerprint density at radius 3 is 3.06 bits per heavy atom. The molecular weight excluding hydrogens is 290 g/mol. The van der Waals surface area contributed by atoms with Gasteiger partial charge in [0.25, 0.3) is 0 Å². The number of halogens is 1. The van der Waals surface area contributed by atoms with Crippen LogP contribution in [0.1, 0.15) is 23.7 Å². The molecule has 0 radical (unpaired) electrons. The number of alkyl halides is 1. The molecular formula is C15H20BrNO. The highest BCUT2D eigenvalue weighted by molar-refractivity contribution is 9.09. The molecule has 98 valence electrons. The van der Waals surface area contributed by atoms with Crippen molar-refractivity contribution >= 4 is 15.9 Å². The number of rotatable bonds is 3. The molecule has 2 nitrogen and oxygen atoms in total. The van der Waals surface area contributed by atoms with E-state index in [-0.39, 0.29) is 6.10 Å². The zero-order chi connectivity index (χ0) is 12.4. The lowest BCUT2D eigenvalue weighted by Gasteiger charge is -2.29. The van der Waals surface area contributed by atoms with Crippen LogP contribution in [0.4, 0.5) is 0 Å². The highest BCUT2D eigenvalue weighted by atomic mass is 79.9. The standard InChI is InChI=1S/C15H20BrNO/c16-9-12-5-7-17(10-12)11-15-14-4-2-1-3-13(14)6-8-18-15/h1-4,12,15H,5-11H2. The predicted octanol–water partition coefficient (Wildman–Crippen LogP) is 3.02. The van der Waals surface area contributed by atoms with Gasteiger partial charge in [0, 0.05) is 18.4 Å². The Balaban J connectivity index is 1.67. The molecule has 0 aliphatic carbocycles. The summed E-state index contributed by atoms with van der Waals surface area (Å²) in [6.45, 7) is 4.36. The van der Waals surface area contributed by atoms with Gasteiger partial charge in [-0.15, -0.1) is 0 Å². The first-order valence-corrected chi connectivity index (χ1v) is 7.96. The van der Waals surface area contributed by atoms with Crippen molar-refractivity contribution < 1.29 is 4.74 Å². The third-order valence-electron chi connectivity index (χ3n) is 4.10. The number of ether oxygens (including phenoxy) is 1. The number of nitrogens with zero attached hydrogens (tertiary/aromatic N) is 1. The molecule has 1 saturated heterocycles. The first-order valence-electron chi connectivity index (χ1n) is 6.84. The number of hydrogen-bond acceptors (Lipinski definition) is 2. The van der Waals surface area contributed by atoms with Crippen molar-refractivity contribution in [2.75, 3.05) is 31.6 Å². The van der Waals surface area contributed by atoms with E-state index >= 15 is 0 Å². The minimum atomic E-state index is 0.282. The van der Waals surface area contributed by atoms with Gasteiger partial charge in [-0.25, -0.2) is 0 Å². The molecule has 2 aliphatic heterocycles. The highest BCUT2D eigenvalue weighted by Crippen LogP contribution is 2.29. The summed E-state index contributed by atoms with van der Waals surface area (Å²) >= 11 is 3.60. The summed E-state index contributed by atoms with van der Waals surface area (Å²) in [6.07, 6.45) is 2.67. The Labute approximate surface area is 117 Å². The average molecular weight is 310 g/mol. The normalized spacial score (nSPS) is 28.3. The molecule has 2 aliphatic rings. The zero-order valence-electron chi connectivity index (χ0n) is 10.6. The molecule has 0 bridgehead atoms. The molecule has 1 aromatic carbocycles. The van der Waals surface area contributed by atoms with Crippen LogP contribution in [0.3, 0.4) is 0 Å². The van der Waals surface area contributed by atoms with Crippen LogP contribution in [0, 0.1) is 5.92 Å². The molecule has 1 fully saturated rings. The van der Waals surface area contributed by atoms with Crippen LogP contribution < -0.4 is 0 Å². The van der Waals surface area contributed by atoms with Crippen LogP contribution in [0.2, 0.25) is 0 Å². The van der Waals surface area contributed by atoms with Gasteiger partial charge in [0.15, 0.2) is 0 Å². The lowest BCUT2D eigenvalue weighted by molar-refractivity contribution is 0.0201. The van der Waals surface area contributed by atoms with E-state index < -0.39 is 0 Å². The fraction of sp³-hybridized carbons (Fsp3) is 0.600. The Morgan fingerprint density at radius 1 is 1.33 bits per heavy atom. The van der Waals surface area contributed by atoms with Crippen LogP contribution >= 0.6 is 15.9 Å². The molecule has 2 atom stereocenters. The summed E-state index contributed by atoms with van der Waals surface area (Å²) in [5.41, 5.74) is 2.89. The number of fused-ring (bicyclic) bond motifs is 1. The zero-order valence-corrected chi connectivity index (χ0v) is 12.2. The van der Waals surface area contributed by atoms with Crippen molar-refractivity contribution in [1.82, 2.24) is 4.90 Å². The van der Waals surface area contributed by atoms with Gasteiger partial charge in [0.05, 0.1) is 12.7 Å². The monoisotopic (exact) mass is 309 g/mol. The van der Waals surface area contributed by atoms with Gasteiger partial charge in [0.1, 0.15) is 0 Å². The van der Waals surface area contributed by atoms with Gasteiger partial charge < -0.3 is 9.64 Å². The maximum Gasteiger partial charge on any atom is 0.0954 e. The third kappa shape index (κ3) is 2.63. The van der Waals surface area contributed by atoms with Gasteiger partial charge in [-0.05, 0) is 36.4 Å². The van der Waals surface area contributed by atoms with Crippen molar-refractivity contribution in [3.8, 4) is 0 Å². The quantitative estimate of drug-likeness (QED) is 0.796. The summed E-state index contributed by atoms with van der Waals surface area (Å²) in [7, 11) is 0. The largest absolute Gasteiger partial charge is 0.372 e. The molecule has 0 aromatic heterocycles. The topological polar surface area (TPSA) is 12.5 Å². The molecule has 0 N–H and O–H groups in total. The fourth-order valence-corrected chi connectivity index (χ4v) is 3.60. The molecule has 3 heteroatoms. The second-order valence-electron chi connectivity index (χ2n) is 5.38. The van der Waals surface area contributed by atoms with Crippen LogP contribution in [0.25, 0.3) is 0 Å². The first kappa shape index (κ1) is 12.6. The molecule has 2 unspecified atom stereocenters. The lowest BCUT2D eigenvalue weighted by Crippen LogP contribution is -2.30. The van der Waals surface area contributed by atoms with E-state index in [9.17, 15) is 0 Å². The van der Waals surface area contributed by atoms with Crippen molar-refractivity contribution in [2.24, 2.45) is 5.92 Å². The van der Waals surface area contributed by atoms with Crippen molar-refractivity contribution in [1.29, 1.82) is 0 Å². The Bertz CT molecular complexity index is 409. The molecule has 2 heterocycles. The Hall–Kier alpha value is -0.380. The van der Waals surface area contributed by atoms with Crippen LogP contribution in [0.5, 0.6) is 0 Å². The van der Waals surface area contributed by atoms with Crippen LogP contribution in [-0.2, 0) is 11.2 Å². The van der Waals surface area contributed by atoms with E-state index in [0.717, 1.165) is 30.8 Å². The third-order valence-corrected chi connectivity index (χ3v) is 5.02. The van der Waals surface area contributed by atoms with E-state index in [4.69, 9.17) is 4.74 Å². The lowest BCUT2D eigenvalue weighted by atomic mass is 9.97. The predicted molar refractivity (Wildman–Crippen MR) is 77.2 cm³/mol. The molecule has 3 rings (SSSR count). The second kappa shape index (κ2) is 5.72. The number of benzene rings is 1. The minimum Gasteiger partial charge on any atom is -0.372 e. The fourth-order valence-electron chi connectivity index (χ4n) is 3.07. The maximum atomic E-state index is 5.98. The second-order valence-corrected chi connectivity index (χ2v) is 6.02. The smallest absolute Gasteiger partial charge is 0.0954 e. The maximum absolute atomic E-state index is 5.98. The van der Waals surface area contributed by atoms with Crippen molar-refractivity contribution in [3.63, 3.8) is 0 Å². The number of likely N-dealkylation sites (tertiary alicyclic amines) is 1. The first-order chi connectivity index (χ1) is 8.86. The van der Waals surface area contributed by atoms with E-state index in [1.165, 1.54) is 30.6 Å². The molecule has 0 saturated carbocycles. The summed E-state index contributed by atoms with van der Waals surface area (Å²) in [5, 5.41) is 1.13. The number of hydrogen-bond donors (Lipinski definition) is 0. The van der Waals surface area contributed by atoms with Crippen LogP contribution in [-0.4, -0.2) is 36.5 Å². The van der Waals surface area contributed by atoms with Gasteiger partial charge in [0.2, 0.25) is 0 Å². The minimum absolute atomic E-state index is 0.282. The van der Waals surface area contributed by atoms with Crippen molar-refractivity contribution in [2.45, 2.75) is 18.9 Å². The average Bonchev–Trinajstić information content (AvgIpc) is 2.87. The van der Waals surface area contributed by atoms with Crippen molar-refractivity contribution in [3.05, 3.63) is 35.4 Å². The van der Waals surface area contributed by atoms with E-state index in [2.05, 4.69) is 45.1 Å². The summed E-state index contributed by atoms with van der Waals surface area (Å²) in [6, 6.07) is 8.75. The summed E-state index contributed by atoms with van der Waals surface area (Å²) < 4.78 is 5.98. The van der Waals surface area contributed by atoms with E-state index in [1.807, 2.05) is 0 Å². The molecule has 18 heavy (non-hydrogen) atoms. The van der Waals surface area contributed by atoms with Gasteiger partial charge in [-0.1, -0.05) is 40.2 Å². The van der Waals surface area contributed by atoms with Gasteiger partial charge in [-0.3, -0.25) is 0 Å². The molecule has 0 spiro atoms. The molecule has 1 aromatic rings. The Morgan fingerprint density at radius 2 is 2.22 bits per heavy atom. The van der Waals surface area contributed by atoms with Crippen LogP contribution in [0.15, 0.2) is 24.3 Å². The summed E-state index contributed by atoms with van der Waals surface area (Å²) in [4.78, 5) is 2.55. The molecule has 0 amide bonds. The van der Waals surface area contributed by atoms with Gasteiger partial charge in [-0.2, -0.15) is 0 Å². The Kier molecular flexibility index (Phi) is 4.02.